The fourth-order valence-corrected chi connectivity index (χ4v) is 5.25. The molecule has 2 amide bonds. The topological polar surface area (TPSA) is 78.5 Å². The zero-order valence-corrected chi connectivity index (χ0v) is 19.4. The summed E-state index contributed by atoms with van der Waals surface area (Å²) >= 11 is 0. The number of rotatable bonds is 3. The maximum atomic E-state index is 13.6. The van der Waals surface area contributed by atoms with Crippen LogP contribution in [0, 0.1) is 0 Å². The fraction of sp³-hybridized carbons (Fsp3) is 0.138. The number of benzene rings is 4. The summed E-state index contributed by atoms with van der Waals surface area (Å²) in [5.74, 6) is 0.118. The number of nitrogens with zero attached hydrogens (tertiary/aromatic N) is 3. The molecule has 1 fully saturated rings. The quantitative estimate of drug-likeness (QED) is 0.372. The molecule has 36 heavy (non-hydrogen) atoms. The molecule has 0 bridgehead atoms. The number of carbonyl (C=O) groups is 2. The SMILES string of the molecule is O=C1c2cccc3c(N4CCOCC4)ccc(c23)C(=O)N1c1ccc(-c2nc3ccccc3[nH]2)cc1. The first kappa shape index (κ1) is 20.8. The number of hydrogen-bond donors (Lipinski definition) is 1. The average Bonchev–Trinajstić information content (AvgIpc) is 3.37. The van der Waals surface area contributed by atoms with Crippen LogP contribution in [0.3, 0.4) is 0 Å². The standard InChI is InChI=1S/C29H22N4O3/c34-28-21-5-3-4-20-25(32-14-16-36-17-15-32)13-12-22(26(20)21)29(35)33(28)19-10-8-18(9-11-19)27-30-23-6-1-2-7-24(23)31-27/h1-13H,14-17H2,(H,30,31). The third-order valence-corrected chi connectivity index (χ3v) is 7.02. The lowest BCUT2D eigenvalue weighted by atomic mass is 9.92. The predicted octanol–water partition coefficient (Wildman–Crippen LogP) is 5.02. The van der Waals surface area contributed by atoms with Crippen molar-refractivity contribution in [3.05, 3.63) is 90.0 Å². The number of aromatic amines is 1. The Kier molecular flexibility index (Phi) is 4.65. The van der Waals surface area contributed by atoms with E-state index >= 15 is 0 Å². The lowest BCUT2D eigenvalue weighted by molar-refractivity contribution is 0.0893. The monoisotopic (exact) mass is 474 g/mol. The first-order valence-corrected chi connectivity index (χ1v) is 12.0. The van der Waals surface area contributed by atoms with E-state index in [1.807, 2.05) is 60.7 Å². The molecule has 0 unspecified atom stereocenters. The Labute approximate surface area is 206 Å². The fourth-order valence-electron chi connectivity index (χ4n) is 5.25. The zero-order valence-electron chi connectivity index (χ0n) is 19.4. The van der Waals surface area contributed by atoms with Gasteiger partial charge in [-0.2, -0.15) is 0 Å². The number of carbonyl (C=O) groups excluding carboxylic acids is 2. The van der Waals surface area contributed by atoms with Crippen molar-refractivity contribution in [1.29, 1.82) is 0 Å². The van der Waals surface area contributed by atoms with Crippen molar-refractivity contribution >= 4 is 45.0 Å². The van der Waals surface area contributed by atoms with Gasteiger partial charge in [0.25, 0.3) is 11.8 Å². The summed E-state index contributed by atoms with van der Waals surface area (Å²) in [6, 6.07) is 24.7. The Morgan fingerprint density at radius 2 is 1.53 bits per heavy atom. The molecule has 7 nitrogen and oxygen atoms in total. The maximum absolute atomic E-state index is 13.6. The van der Waals surface area contributed by atoms with E-state index in [4.69, 9.17) is 4.74 Å². The van der Waals surface area contributed by atoms with Crippen LogP contribution in [0.1, 0.15) is 20.7 Å². The van der Waals surface area contributed by atoms with Gasteiger partial charge in [0.15, 0.2) is 0 Å². The smallest absolute Gasteiger partial charge is 0.265 e. The van der Waals surface area contributed by atoms with Gasteiger partial charge >= 0.3 is 0 Å². The molecule has 0 radical (unpaired) electrons. The van der Waals surface area contributed by atoms with Crippen LogP contribution in [0.2, 0.25) is 0 Å². The molecule has 2 aliphatic heterocycles. The van der Waals surface area contributed by atoms with E-state index in [1.165, 1.54) is 4.90 Å². The lowest BCUT2D eigenvalue weighted by Crippen LogP contribution is -2.41. The minimum atomic E-state index is -0.311. The van der Waals surface area contributed by atoms with Gasteiger partial charge in [0.05, 0.1) is 29.9 Å². The second-order valence-corrected chi connectivity index (χ2v) is 9.05. The van der Waals surface area contributed by atoms with E-state index in [0.29, 0.717) is 30.0 Å². The molecule has 0 spiro atoms. The highest BCUT2D eigenvalue weighted by atomic mass is 16.5. The van der Waals surface area contributed by atoms with E-state index in [0.717, 1.165) is 52.0 Å². The largest absolute Gasteiger partial charge is 0.378 e. The molecule has 1 aromatic heterocycles. The van der Waals surface area contributed by atoms with Gasteiger partial charge in [0.2, 0.25) is 0 Å². The van der Waals surface area contributed by atoms with E-state index in [1.54, 1.807) is 18.2 Å². The Bertz CT molecular complexity index is 1610. The molecule has 1 saturated heterocycles. The number of hydrogen-bond acceptors (Lipinski definition) is 5. The summed E-state index contributed by atoms with van der Waals surface area (Å²) in [4.78, 5) is 38.7. The minimum Gasteiger partial charge on any atom is -0.378 e. The van der Waals surface area contributed by atoms with E-state index in [9.17, 15) is 9.59 Å². The van der Waals surface area contributed by atoms with Gasteiger partial charge in [-0.25, -0.2) is 9.88 Å². The molecule has 7 rings (SSSR count). The summed E-state index contributed by atoms with van der Waals surface area (Å²) in [6.45, 7) is 2.89. The number of anilines is 2. The van der Waals surface area contributed by atoms with E-state index in [2.05, 4.69) is 14.9 Å². The Balaban J connectivity index is 1.27. The number of morpholine rings is 1. The van der Waals surface area contributed by atoms with E-state index < -0.39 is 0 Å². The van der Waals surface area contributed by atoms with Crippen molar-refractivity contribution in [1.82, 2.24) is 9.97 Å². The zero-order chi connectivity index (χ0) is 24.2. The number of aromatic nitrogens is 2. The van der Waals surface area contributed by atoms with Gasteiger partial charge < -0.3 is 14.6 Å². The number of nitrogens with one attached hydrogen (secondary N) is 1. The molecule has 0 aliphatic carbocycles. The van der Waals surface area contributed by atoms with Gasteiger partial charge in [0.1, 0.15) is 5.82 Å². The molecule has 7 heteroatoms. The van der Waals surface area contributed by atoms with Crippen LogP contribution in [0.15, 0.2) is 78.9 Å². The van der Waals surface area contributed by atoms with Crippen LogP contribution in [-0.4, -0.2) is 48.1 Å². The van der Waals surface area contributed by atoms with Gasteiger partial charge in [-0.3, -0.25) is 9.59 Å². The summed E-state index contributed by atoms with van der Waals surface area (Å²) in [6.07, 6.45) is 0. The molecule has 1 N–H and O–H groups in total. The summed E-state index contributed by atoms with van der Waals surface area (Å²) in [5.41, 5.74) is 5.37. The van der Waals surface area contributed by atoms with Crippen molar-refractivity contribution in [3.8, 4) is 11.4 Å². The van der Waals surface area contributed by atoms with Crippen molar-refractivity contribution in [2.24, 2.45) is 0 Å². The molecule has 176 valence electrons. The first-order chi connectivity index (χ1) is 17.7. The minimum absolute atomic E-state index is 0.311. The van der Waals surface area contributed by atoms with Crippen molar-refractivity contribution in [2.75, 3.05) is 36.1 Å². The molecule has 3 heterocycles. The maximum Gasteiger partial charge on any atom is 0.265 e. The highest BCUT2D eigenvalue weighted by molar-refractivity contribution is 6.36. The van der Waals surface area contributed by atoms with Gasteiger partial charge in [0, 0.05) is 46.2 Å². The average molecular weight is 475 g/mol. The summed E-state index contributed by atoms with van der Waals surface area (Å²) < 4.78 is 5.50. The predicted molar refractivity (Wildman–Crippen MR) is 140 cm³/mol. The highest BCUT2D eigenvalue weighted by Crippen LogP contribution is 2.38. The van der Waals surface area contributed by atoms with Crippen LogP contribution in [0.5, 0.6) is 0 Å². The van der Waals surface area contributed by atoms with Gasteiger partial charge in [-0.05, 0) is 54.6 Å². The molecule has 0 saturated carbocycles. The van der Waals surface area contributed by atoms with Crippen LogP contribution in [0.4, 0.5) is 11.4 Å². The van der Waals surface area contributed by atoms with Crippen molar-refractivity contribution in [3.63, 3.8) is 0 Å². The Morgan fingerprint density at radius 1 is 0.778 bits per heavy atom. The van der Waals surface area contributed by atoms with Crippen LogP contribution in [-0.2, 0) is 4.74 Å². The third kappa shape index (κ3) is 3.13. The number of imide groups is 1. The van der Waals surface area contributed by atoms with Gasteiger partial charge in [-0.15, -0.1) is 0 Å². The number of imidazole rings is 1. The van der Waals surface area contributed by atoms with Crippen LogP contribution < -0.4 is 9.80 Å². The van der Waals surface area contributed by atoms with E-state index in [-0.39, 0.29) is 11.8 Å². The number of para-hydroxylation sites is 2. The third-order valence-electron chi connectivity index (χ3n) is 7.02. The lowest BCUT2D eigenvalue weighted by Gasteiger charge is -2.32. The van der Waals surface area contributed by atoms with Crippen molar-refractivity contribution < 1.29 is 14.3 Å². The molecular formula is C29H22N4O3. The Hall–Kier alpha value is -4.49. The number of ether oxygens (including phenoxy) is 1. The molecule has 4 aromatic carbocycles. The number of amides is 2. The van der Waals surface area contributed by atoms with Gasteiger partial charge in [-0.1, -0.05) is 24.3 Å². The molecule has 5 aromatic rings. The molecular weight excluding hydrogens is 452 g/mol. The van der Waals surface area contributed by atoms with Crippen LogP contribution in [0.25, 0.3) is 33.2 Å². The summed E-state index contributed by atoms with van der Waals surface area (Å²) in [7, 11) is 0. The molecule has 2 aliphatic rings. The number of H-pyrrole nitrogens is 1. The molecule has 0 atom stereocenters. The highest BCUT2D eigenvalue weighted by Gasteiger charge is 2.35. The Morgan fingerprint density at radius 3 is 2.31 bits per heavy atom. The summed E-state index contributed by atoms with van der Waals surface area (Å²) in [5, 5.41) is 1.65. The van der Waals surface area contributed by atoms with Crippen LogP contribution >= 0.6 is 0 Å². The van der Waals surface area contributed by atoms with Crippen molar-refractivity contribution in [2.45, 2.75) is 0 Å². The second kappa shape index (κ2) is 8.03. The second-order valence-electron chi connectivity index (χ2n) is 9.05. The number of fused-ring (bicyclic) bond motifs is 1. The normalized spacial score (nSPS) is 15.8. The first-order valence-electron chi connectivity index (χ1n) is 12.0.